The van der Waals surface area contributed by atoms with Crippen molar-refractivity contribution >= 4 is 11.9 Å². The Labute approximate surface area is 133 Å². The predicted octanol–water partition coefficient (Wildman–Crippen LogP) is 0.737. The monoisotopic (exact) mass is 310 g/mol. The fourth-order valence-corrected chi connectivity index (χ4v) is 3.53. The lowest BCUT2D eigenvalue weighted by atomic mass is 9.57. The number of carbonyl (C=O) groups is 1. The summed E-state index contributed by atoms with van der Waals surface area (Å²) >= 11 is 0. The molecule has 1 saturated carbocycles. The number of rotatable bonds is 5. The highest BCUT2D eigenvalue weighted by Crippen LogP contribution is 2.51. The molecule has 0 aromatic heterocycles. The summed E-state index contributed by atoms with van der Waals surface area (Å²) in [6.07, 6.45) is 1.49. The van der Waals surface area contributed by atoms with E-state index in [9.17, 15) is 4.79 Å². The second-order valence-electron chi connectivity index (χ2n) is 7.13. The van der Waals surface area contributed by atoms with Crippen molar-refractivity contribution < 1.29 is 9.53 Å². The molecule has 1 aliphatic carbocycles. The summed E-state index contributed by atoms with van der Waals surface area (Å²) in [4.78, 5) is 15.8. The Bertz CT molecular complexity index is 434. The molecule has 126 valence electrons. The summed E-state index contributed by atoms with van der Waals surface area (Å²) in [5, 5.41) is 9.68. The number of fused-ring (bicyclic) bond motifs is 1. The SMILES string of the molecule is CN=C(NCCNC(=O)C(C)C)NC1C2CCOC2C1(C)C. The van der Waals surface area contributed by atoms with E-state index in [0.29, 0.717) is 31.2 Å². The Hall–Kier alpha value is -1.30. The van der Waals surface area contributed by atoms with E-state index in [4.69, 9.17) is 4.74 Å². The third kappa shape index (κ3) is 3.37. The number of carbonyl (C=O) groups excluding carboxylic acids is 1. The van der Waals surface area contributed by atoms with Gasteiger partial charge in [-0.3, -0.25) is 9.79 Å². The lowest BCUT2D eigenvalue weighted by Crippen LogP contribution is -2.68. The summed E-state index contributed by atoms with van der Waals surface area (Å²) in [5.74, 6) is 1.47. The van der Waals surface area contributed by atoms with Crippen LogP contribution in [0.15, 0.2) is 4.99 Å². The number of aliphatic imine (C=N–C) groups is 1. The van der Waals surface area contributed by atoms with Gasteiger partial charge >= 0.3 is 0 Å². The van der Waals surface area contributed by atoms with Gasteiger partial charge in [0.25, 0.3) is 0 Å². The smallest absolute Gasteiger partial charge is 0.222 e. The number of ether oxygens (including phenoxy) is 1. The van der Waals surface area contributed by atoms with Gasteiger partial charge in [0.05, 0.1) is 6.10 Å². The number of hydrogen-bond donors (Lipinski definition) is 3. The van der Waals surface area contributed by atoms with Gasteiger partial charge in [0.1, 0.15) is 0 Å². The minimum Gasteiger partial charge on any atom is -0.377 e. The van der Waals surface area contributed by atoms with Crippen LogP contribution in [0.2, 0.25) is 0 Å². The van der Waals surface area contributed by atoms with Crippen molar-refractivity contribution in [2.45, 2.75) is 46.3 Å². The van der Waals surface area contributed by atoms with Crippen LogP contribution in [-0.2, 0) is 9.53 Å². The average molecular weight is 310 g/mol. The molecule has 2 fully saturated rings. The normalized spacial score (nSPS) is 29.7. The van der Waals surface area contributed by atoms with Crippen LogP contribution in [0.1, 0.15) is 34.1 Å². The minimum atomic E-state index is 0.0208. The lowest BCUT2D eigenvalue weighted by Gasteiger charge is -2.54. The highest BCUT2D eigenvalue weighted by Gasteiger charge is 2.59. The van der Waals surface area contributed by atoms with Crippen molar-refractivity contribution in [2.24, 2.45) is 22.2 Å². The van der Waals surface area contributed by atoms with Gasteiger partial charge < -0.3 is 20.7 Å². The van der Waals surface area contributed by atoms with Crippen molar-refractivity contribution in [2.75, 3.05) is 26.7 Å². The molecule has 3 unspecified atom stereocenters. The number of amides is 1. The van der Waals surface area contributed by atoms with Gasteiger partial charge in [0.15, 0.2) is 5.96 Å². The first-order valence-electron chi connectivity index (χ1n) is 8.24. The molecule has 6 nitrogen and oxygen atoms in total. The Kier molecular flexibility index (Phi) is 5.32. The standard InChI is InChI=1S/C16H30N4O2/c1-10(2)14(21)18-7-8-19-15(17-5)20-12-11-6-9-22-13(11)16(12,3)4/h10-13H,6-9H2,1-5H3,(H,18,21)(H2,17,19,20). The van der Waals surface area contributed by atoms with Gasteiger partial charge in [0.2, 0.25) is 5.91 Å². The molecule has 1 amide bonds. The predicted molar refractivity (Wildman–Crippen MR) is 87.8 cm³/mol. The molecule has 2 aliphatic rings. The molecule has 0 aromatic carbocycles. The molecule has 0 spiro atoms. The molecule has 1 saturated heterocycles. The summed E-state index contributed by atoms with van der Waals surface area (Å²) in [6, 6.07) is 0.386. The molecular formula is C16H30N4O2. The minimum absolute atomic E-state index is 0.0208. The summed E-state index contributed by atoms with van der Waals surface area (Å²) in [5.41, 5.74) is 0.130. The third-order valence-electron chi connectivity index (χ3n) is 4.86. The average Bonchev–Trinajstić information content (AvgIpc) is 2.92. The fraction of sp³-hybridized carbons (Fsp3) is 0.875. The van der Waals surface area contributed by atoms with Crippen LogP contribution in [0.3, 0.4) is 0 Å². The van der Waals surface area contributed by atoms with Crippen LogP contribution in [0.4, 0.5) is 0 Å². The molecule has 1 heterocycles. The van der Waals surface area contributed by atoms with Crippen molar-refractivity contribution in [1.82, 2.24) is 16.0 Å². The maximum Gasteiger partial charge on any atom is 0.222 e. The van der Waals surface area contributed by atoms with Crippen molar-refractivity contribution in [3.05, 3.63) is 0 Å². The molecule has 6 heteroatoms. The van der Waals surface area contributed by atoms with Crippen molar-refractivity contribution in [3.63, 3.8) is 0 Å². The van der Waals surface area contributed by atoms with Crippen LogP contribution in [0, 0.1) is 17.3 Å². The van der Waals surface area contributed by atoms with Crippen LogP contribution < -0.4 is 16.0 Å². The Morgan fingerprint density at radius 1 is 1.32 bits per heavy atom. The molecule has 0 radical (unpaired) electrons. The van der Waals surface area contributed by atoms with Crippen molar-refractivity contribution in [1.29, 1.82) is 0 Å². The van der Waals surface area contributed by atoms with E-state index in [0.717, 1.165) is 19.0 Å². The van der Waals surface area contributed by atoms with Gasteiger partial charge in [-0.05, 0) is 6.42 Å². The Balaban J connectivity index is 1.75. The van der Waals surface area contributed by atoms with Gasteiger partial charge in [-0.15, -0.1) is 0 Å². The zero-order valence-corrected chi connectivity index (χ0v) is 14.4. The first-order valence-corrected chi connectivity index (χ1v) is 8.24. The second-order valence-corrected chi connectivity index (χ2v) is 7.13. The van der Waals surface area contributed by atoms with Crippen LogP contribution in [0.5, 0.6) is 0 Å². The summed E-state index contributed by atoms with van der Waals surface area (Å²) in [6.45, 7) is 10.4. The Morgan fingerprint density at radius 3 is 2.64 bits per heavy atom. The molecule has 3 N–H and O–H groups in total. The van der Waals surface area contributed by atoms with E-state index in [-0.39, 0.29) is 17.2 Å². The van der Waals surface area contributed by atoms with Gasteiger partial charge in [-0.1, -0.05) is 27.7 Å². The van der Waals surface area contributed by atoms with Crippen LogP contribution in [-0.4, -0.2) is 50.8 Å². The molecule has 2 rings (SSSR count). The van der Waals surface area contributed by atoms with E-state index >= 15 is 0 Å². The van der Waals surface area contributed by atoms with Crippen LogP contribution in [0.25, 0.3) is 0 Å². The van der Waals surface area contributed by atoms with Crippen molar-refractivity contribution in [3.8, 4) is 0 Å². The van der Waals surface area contributed by atoms with Crippen LogP contribution >= 0.6 is 0 Å². The zero-order chi connectivity index (χ0) is 16.3. The molecule has 1 aliphatic heterocycles. The van der Waals surface area contributed by atoms with Gasteiger partial charge in [0, 0.05) is 50.0 Å². The fourth-order valence-electron chi connectivity index (χ4n) is 3.53. The second kappa shape index (κ2) is 6.86. The first kappa shape index (κ1) is 17.1. The Morgan fingerprint density at radius 2 is 2.00 bits per heavy atom. The highest BCUT2D eigenvalue weighted by atomic mass is 16.5. The van der Waals surface area contributed by atoms with E-state index in [1.54, 1.807) is 7.05 Å². The number of guanidine groups is 1. The maximum atomic E-state index is 11.5. The van der Waals surface area contributed by atoms with Gasteiger partial charge in [-0.2, -0.15) is 0 Å². The van der Waals surface area contributed by atoms with Gasteiger partial charge in [-0.25, -0.2) is 0 Å². The van der Waals surface area contributed by atoms with E-state index in [1.807, 2.05) is 13.8 Å². The molecule has 3 atom stereocenters. The largest absolute Gasteiger partial charge is 0.377 e. The van der Waals surface area contributed by atoms with E-state index < -0.39 is 0 Å². The van der Waals surface area contributed by atoms with E-state index in [2.05, 4.69) is 34.8 Å². The third-order valence-corrected chi connectivity index (χ3v) is 4.86. The summed E-state index contributed by atoms with van der Waals surface area (Å²) in [7, 11) is 1.77. The summed E-state index contributed by atoms with van der Waals surface area (Å²) < 4.78 is 5.81. The molecule has 0 aromatic rings. The molecule has 22 heavy (non-hydrogen) atoms. The number of hydrogen-bond acceptors (Lipinski definition) is 3. The lowest BCUT2D eigenvalue weighted by molar-refractivity contribution is -0.123. The molecular weight excluding hydrogens is 280 g/mol. The van der Waals surface area contributed by atoms with E-state index in [1.165, 1.54) is 0 Å². The topological polar surface area (TPSA) is 74.8 Å². The molecule has 0 bridgehead atoms. The first-order chi connectivity index (χ1) is 10.4. The zero-order valence-electron chi connectivity index (χ0n) is 14.4. The number of nitrogens with zero attached hydrogens (tertiary/aromatic N) is 1. The quantitative estimate of drug-likeness (QED) is 0.398. The highest BCUT2D eigenvalue weighted by molar-refractivity contribution is 5.80. The maximum absolute atomic E-state index is 11.5. The number of nitrogens with one attached hydrogen (secondary N) is 3.